The largest absolute Gasteiger partial charge is 0.369 e. The van der Waals surface area contributed by atoms with E-state index >= 15 is 0 Å². The first kappa shape index (κ1) is 25.2. The third kappa shape index (κ3) is 4.77. The first-order valence-electron chi connectivity index (χ1n) is 12.3. The van der Waals surface area contributed by atoms with Gasteiger partial charge in [0, 0.05) is 38.4 Å². The van der Waals surface area contributed by atoms with Crippen molar-refractivity contribution in [3.05, 3.63) is 63.8 Å². The van der Waals surface area contributed by atoms with Crippen molar-refractivity contribution in [2.45, 2.75) is 51.6 Å². The summed E-state index contributed by atoms with van der Waals surface area (Å²) in [5.74, 6) is 0.220. The van der Waals surface area contributed by atoms with Gasteiger partial charge < -0.3 is 14.4 Å². The molecule has 2 heterocycles. The van der Waals surface area contributed by atoms with Crippen LogP contribution in [0.25, 0.3) is 11.0 Å². The normalized spacial score (nSPS) is 17.6. The standard InChI is InChI=1S/C28H31FN6O/c1-18(2)17-35(22-8-5-19(29)6-9-22)23-12-10-21(11-13-23)33(3)27-24(16-31)28(36)34(4)25-14-7-20(15-30)32-26(25)27/h5-9,14,18,21,23H,10-13,17H2,1-4H3/t21-,23+. The fourth-order valence-corrected chi connectivity index (χ4v) is 5.33. The molecule has 0 radical (unpaired) electrons. The number of nitriles is 2. The van der Waals surface area contributed by atoms with Crippen molar-refractivity contribution in [2.75, 3.05) is 23.4 Å². The number of aryl methyl sites for hydroxylation is 1. The van der Waals surface area contributed by atoms with Crippen LogP contribution in [-0.4, -0.2) is 35.2 Å². The number of halogens is 1. The number of nitrogens with zero attached hydrogens (tertiary/aromatic N) is 6. The highest BCUT2D eigenvalue weighted by atomic mass is 19.1. The topological polar surface area (TPSA) is 89.0 Å². The van der Waals surface area contributed by atoms with Gasteiger partial charge >= 0.3 is 0 Å². The molecule has 2 aromatic heterocycles. The monoisotopic (exact) mass is 486 g/mol. The Morgan fingerprint density at radius 1 is 1.06 bits per heavy atom. The second-order valence-electron chi connectivity index (χ2n) is 9.97. The first-order chi connectivity index (χ1) is 17.2. The zero-order valence-corrected chi connectivity index (χ0v) is 21.2. The van der Waals surface area contributed by atoms with E-state index in [1.54, 1.807) is 19.2 Å². The second-order valence-corrected chi connectivity index (χ2v) is 9.97. The Balaban J connectivity index is 1.64. The van der Waals surface area contributed by atoms with Gasteiger partial charge in [0.05, 0.1) is 11.2 Å². The average Bonchev–Trinajstić information content (AvgIpc) is 2.89. The van der Waals surface area contributed by atoms with Gasteiger partial charge in [-0.3, -0.25) is 4.79 Å². The zero-order chi connectivity index (χ0) is 26.0. The molecule has 1 saturated carbocycles. The molecule has 3 aromatic rings. The van der Waals surface area contributed by atoms with Gasteiger partial charge in [-0.15, -0.1) is 0 Å². The summed E-state index contributed by atoms with van der Waals surface area (Å²) in [6, 6.07) is 14.6. The average molecular weight is 487 g/mol. The van der Waals surface area contributed by atoms with Crippen LogP contribution in [0.5, 0.6) is 0 Å². The van der Waals surface area contributed by atoms with Gasteiger partial charge in [-0.25, -0.2) is 9.37 Å². The van der Waals surface area contributed by atoms with Crippen LogP contribution in [0.3, 0.4) is 0 Å². The minimum absolute atomic E-state index is 0.0463. The number of pyridine rings is 2. The lowest BCUT2D eigenvalue weighted by atomic mass is 9.88. The van der Waals surface area contributed by atoms with Gasteiger partial charge in [0.1, 0.15) is 34.7 Å². The molecule has 1 fully saturated rings. The summed E-state index contributed by atoms with van der Waals surface area (Å²) >= 11 is 0. The van der Waals surface area contributed by atoms with Crippen LogP contribution in [0.1, 0.15) is 50.8 Å². The summed E-state index contributed by atoms with van der Waals surface area (Å²) in [6.45, 7) is 5.25. The molecule has 0 N–H and O–H groups in total. The molecule has 36 heavy (non-hydrogen) atoms. The lowest BCUT2D eigenvalue weighted by Gasteiger charge is -2.42. The Morgan fingerprint density at radius 2 is 1.69 bits per heavy atom. The lowest BCUT2D eigenvalue weighted by molar-refractivity contribution is 0.360. The van der Waals surface area contributed by atoms with Crippen LogP contribution in [0.15, 0.2) is 41.2 Å². The molecule has 1 aromatic carbocycles. The van der Waals surface area contributed by atoms with Gasteiger partial charge in [-0.05, 0) is 68.0 Å². The molecule has 1 aliphatic carbocycles. The summed E-state index contributed by atoms with van der Waals surface area (Å²) < 4.78 is 15.0. The third-order valence-corrected chi connectivity index (χ3v) is 7.17. The Hall–Kier alpha value is -3.91. The molecule has 0 bridgehead atoms. The van der Waals surface area contributed by atoms with Gasteiger partial charge in [0.25, 0.3) is 5.56 Å². The molecule has 186 valence electrons. The predicted molar refractivity (Wildman–Crippen MR) is 139 cm³/mol. The van der Waals surface area contributed by atoms with Crippen LogP contribution in [0.4, 0.5) is 15.8 Å². The molecular formula is C28H31FN6O. The molecule has 0 unspecified atom stereocenters. The Bertz CT molecular complexity index is 1390. The highest BCUT2D eigenvalue weighted by Crippen LogP contribution is 2.35. The van der Waals surface area contributed by atoms with E-state index in [2.05, 4.69) is 35.9 Å². The SMILES string of the molecule is CC(C)CN(c1ccc(F)cc1)[C@H]1CC[C@@H](N(C)c2c(C#N)c(=O)n(C)c3ccc(C#N)nc23)CC1. The van der Waals surface area contributed by atoms with E-state index in [1.807, 2.05) is 24.1 Å². The predicted octanol–water partition coefficient (Wildman–Crippen LogP) is 4.73. The van der Waals surface area contributed by atoms with E-state index in [-0.39, 0.29) is 28.7 Å². The Kier molecular flexibility index (Phi) is 7.26. The molecule has 1 aliphatic rings. The van der Waals surface area contributed by atoms with Gasteiger partial charge in [0.15, 0.2) is 0 Å². The molecule has 0 spiro atoms. The van der Waals surface area contributed by atoms with E-state index in [1.165, 1.54) is 16.7 Å². The van der Waals surface area contributed by atoms with E-state index in [0.29, 0.717) is 28.7 Å². The quantitative estimate of drug-likeness (QED) is 0.501. The van der Waals surface area contributed by atoms with E-state index < -0.39 is 0 Å². The minimum Gasteiger partial charge on any atom is -0.369 e. The summed E-state index contributed by atoms with van der Waals surface area (Å²) in [5.41, 5.74) is 2.52. The second kappa shape index (κ2) is 10.4. The maximum atomic E-state index is 13.5. The molecule has 0 aliphatic heterocycles. The smallest absolute Gasteiger partial charge is 0.270 e. The molecule has 4 rings (SSSR count). The van der Waals surface area contributed by atoms with Crippen LogP contribution < -0.4 is 15.4 Å². The highest BCUT2D eigenvalue weighted by molar-refractivity contribution is 5.92. The van der Waals surface area contributed by atoms with Crippen LogP contribution in [-0.2, 0) is 7.05 Å². The van der Waals surface area contributed by atoms with Crippen LogP contribution in [0, 0.1) is 34.4 Å². The maximum Gasteiger partial charge on any atom is 0.270 e. The molecule has 0 atom stereocenters. The Labute approximate surface area is 211 Å². The van der Waals surface area contributed by atoms with Crippen molar-refractivity contribution in [2.24, 2.45) is 13.0 Å². The molecule has 0 amide bonds. The molecule has 0 saturated heterocycles. The summed E-state index contributed by atoms with van der Waals surface area (Å²) in [5, 5.41) is 19.3. The lowest BCUT2D eigenvalue weighted by Crippen LogP contribution is -2.45. The number of hydrogen-bond acceptors (Lipinski definition) is 6. The molecule has 7 nitrogen and oxygen atoms in total. The maximum absolute atomic E-state index is 13.5. The van der Waals surface area contributed by atoms with Crippen molar-refractivity contribution >= 4 is 22.4 Å². The third-order valence-electron chi connectivity index (χ3n) is 7.17. The fourth-order valence-electron chi connectivity index (χ4n) is 5.33. The molecular weight excluding hydrogens is 455 g/mol. The number of aromatic nitrogens is 2. The summed E-state index contributed by atoms with van der Waals surface area (Å²) in [4.78, 5) is 21.9. The minimum atomic E-state index is -0.369. The van der Waals surface area contributed by atoms with Gasteiger partial charge in [-0.2, -0.15) is 10.5 Å². The highest BCUT2D eigenvalue weighted by Gasteiger charge is 2.31. The summed E-state index contributed by atoms with van der Waals surface area (Å²) in [6.07, 6.45) is 3.61. The van der Waals surface area contributed by atoms with Crippen molar-refractivity contribution in [1.29, 1.82) is 10.5 Å². The number of rotatable bonds is 6. The first-order valence-corrected chi connectivity index (χ1v) is 12.3. The number of fused-ring (bicyclic) bond motifs is 1. The summed E-state index contributed by atoms with van der Waals surface area (Å²) in [7, 11) is 3.53. The van der Waals surface area contributed by atoms with E-state index in [0.717, 1.165) is 37.9 Å². The van der Waals surface area contributed by atoms with Crippen LogP contribution >= 0.6 is 0 Å². The van der Waals surface area contributed by atoms with Crippen molar-refractivity contribution in [3.8, 4) is 12.1 Å². The van der Waals surface area contributed by atoms with Crippen molar-refractivity contribution in [3.63, 3.8) is 0 Å². The molecule has 8 heteroatoms. The fraction of sp³-hybridized carbons (Fsp3) is 0.429. The number of hydrogen-bond donors (Lipinski definition) is 0. The number of anilines is 2. The van der Waals surface area contributed by atoms with Gasteiger partial charge in [-0.1, -0.05) is 13.8 Å². The zero-order valence-electron chi connectivity index (χ0n) is 21.2. The van der Waals surface area contributed by atoms with E-state index in [9.17, 15) is 19.7 Å². The Morgan fingerprint density at radius 3 is 2.28 bits per heavy atom. The van der Waals surface area contributed by atoms with E-state index in [4.69, 9.17) is 0 Å². The number of benzene rings is 1. The van der Waals surface area contributed by atoms with Crippen molar-refractivity contribution in [1.82, 2.24) is 9.55 Å². The van der Waals surface area contributed by atoms with Crippen molar-refractivity contribution < 1.29 is 4.39 Å². The van der Waals surface area contributed by atoms with Crippen LogP contribution in [0.2, 0.25) is 0 Å². The van der Waals surface area contributed by atoms with Gasteiger partial charge in [0.2, 0.25) is 0 Å².